The van der Waals surface area contributed by atoms with Gasteiger partial charge in [0.1, 0.15) is 0 Å². The Bertz CT molecular complexity index is 773. The van der Waals surface area contributed by atoms with Crippen LogP contribution in [0.15, 0.2) is 48.6 Å². The Hall–Kier alpha value is -2.05. The summed E-state index contributed by atoms with van der Waals surface area (Å²) in [7, 11) is 0. The number of rotatable bonds is 2. The number of hydrogen-bond donors (Lipinski definition) is 0. The second-order valence-electron chi connectivity index (χ2n) is 5.11. The average molecular weight is 396 g/mol. The molecule has 0 unspecified atom stereocenters. The molecule has 3 rings (SSSR count). The van der Waals surface area contributed by atoms with Gasteiger partial charge >= 0.3 is 140 Å². The molecule has 2 aliphatic rings. The van der Waals surface area contributed by atoms with Crippen LogP contribution in [0, 0.1) is 39.7 Å². The Morgan fingerprint density at radius 2 is 1.00 bits per heavy atom. The molecule has 0 aromatic heterocycles. The molecule has 0 radical (unpaired) electrons. The Kier molecular flexibility index (Phi) is 4.78. The summed E-state index contributed by atoms with van der Waals surface area (Å²) >= 11 is -2.05. The van der Waals surface area contributed by atoms with Crippen molar-refractivity contribution >= 4 is 14.7 Å². The first-order valence-corrected chi connectivity index (χ1v) is 10.1. The molecule has 0 spiro atoms. The van der Waals surface area contributed by atoms with Gasteiger partial charge in [-0.25, -0.2) is 0 Å². The molecule has 24 heavy (non-hydrogen) atoms. The van der Waals surface area contributed by atoms with Crippen molar-refractivity contribution in [2.45, 2.75) is 9.41 Å². The Balaban J connectivity index is 2.03. The van der Waals surface area contributed by atoms with Crippen molar-refractivity contribution in [2.24, 2.45) is 0 Å². The predicted molar refractivity (Wildman–Crippen MR) is 82.9 cm³/mol. The van der Waals surface area contributed by atoms with Crippen molar-refractivity contribution in [1.29, 1.82) is 0 Å². The summed E-state index contributed by atoms with van der Waals surface area (Å²) in [6.45, 7) is 0. The van der Waals surface area contributed by atoms with Crippen molar-refractivity contribution in [2.75, 3.05) is 0 Å². The monoisotopic (exact) mass is 396 g/mol. The maximum atomic E-state index is 13.7. The van der Waals surface area contributed by atoms with Crippen LogP contribution < -0.4 is 0 Å². The maximum absolute atomic E-state index is 13.7. The van der Waals surface area contributed by atoms with Gasteiger partial charge in [-0.2, -0.15) is 0 Å². The van der Waals surface area contributed by atoms with Crippen LogP contribution in [0.3, 0.4) is 0 Å². The fourth-order valence-corrected chi connectivity index (χ4v) is 6.75. The van der Waals surface area contributed by atoms with Crippen molar-refractivity contribution in [3.63, 3.8) is 0 Å². The van der Waals surface area contributed by atoms with Gasteiger partial charge in [0.15, 0.2) is 0 Å². The van der Waals surface area contributed by atoms with E-state index in [1.165, 1.54) is 0 Å². The van der Waals surface area contributed by atoms with Gasteiger partial charge in [-0.3, -0.25) is 0 Å². The molecule has 1 aromatic rings. The van der Waals surface area contributed by atoms with Crippen LogP contribution in [0.2, 0.25) is 9.41 Å². The van der Waals surface area contributed by atoms with Crippen molar-refractivity contribution in [3.05, 3.63) is 83.3 Å². The molecule has 6 heteroatoms. The molecular formula is C18H10AsF5. The van der Waals surface area contributed by atoms with E-state index in [0.29, 0.717) is 0 Å². The number of benzene rings is 1. The van der Waals surface area contributed by atoms with Crippen molar-refractivity contribution in [3.8, 4) is 10.6 Å². The van der Waals surface area contributed by atoms with Crippen LogP contribution in [-0.4, -0.2) is 14.7 Å². The molecule has 0 nitrogen and oxygen atoms in total. The van der Waals surface area contributed by atoms with E-state index in [1.807, 2.05) is 48.6 Å². The summed E-state index contributed by atoms with van der Waals surface area (Å²) in [5.74, 6) is -7.67. The van der Waals surface area contributed by atoms with E-state index in [1.54, 1.807) is 0 Å². The third kappa shape index (κ3) is 2.99. The standard InChI is InChI=1S/C18H10AsF5/c20-14-13(15(21)17(23)18(24)16(14)22)9-10-19(11-5-1-2-6-11)12-7-3-4-8-12/h1-8,11-12H. The first-order valence-electron chi connectivity index (χ1n) is 7.02. The molecule has 0 heterocycles. The number of halogens is 5. The van der Waals surface area contributed by atoms with E-state index in [-0.39, 0.29) is 9.41 Å². The van der Waals surface area contributed by atoms with Crippen LogP contribution in [0.25, 0.3) is 0 Å². The molecule has 0 bridgehead atoms. The van der Waals surface area contributed by atoms with E-state index in [9.17, 15) is 22.0 Å². The SMILES string of the molecule is Fc1c(F)c(F)c(C#C[As](C2C=CC=C2)C2C=CC=C2)c(F)c1F. The summed E-state index contributed by atoms with van der Waals surface area (Å²) in [6.07, 6.45) is 15.2. The Morgan fingerprint density at radius 1 is 0.625 bits per heavy atom. The Labute approximate surface area is 140 Å². The molecule has 0 atom stereocenters. The van der Waals surface area contributed by atoms with Crippen LogP contribution in [-0.2, 0) is 0 Å². The summed E-state index contributed by atoms with van der Waals surface area (Å²) in [6, 6.07) is 0. The van der Waals surface area contributed by atoms with Crippen molar-refractivity contribution < 1.29 is 22.0 Å². The van der Waals surface area contributed by atoms with Gasteiger partial charge in [0.05, 0.1) is 0 Å². The summed E-state index contributed by atoms with van der Waals surface area (Å²) in [4.78, 5) is 0. The first kappa shape index (κ1) is 16.8. The van der Waals surface area contributed by atoms with Crippen LogP contribution in [0.1, 0.15) is 5.56 Å². The molecule has 0 saturated heterocycles. The van der Waals surface area contributed by atoms with Gasteiger partial charge < -0.3 is 0 Å². The van der Waals surface area contributed by atoms with Gasteiger partial charge in [0.25, 0.3) is 0 Å². The third-order valence-corrected chi connectivity index (χ3v) is 8.53. The van der Waals surface area contributed by atoms with Gasteiger partial charge in [0, 0.05) is 0 Å². The number of hydrogen-bond acceptors (Lipinski definition) is 0. The van der Waals surface area contributed by atoms with Crippen LogP contribution in [0.4, 0.5) is 22.0 Å². The fourth-order valence-electron chi connectivity index (χ4n) is 2.39. The van der Waals surface area contributed by atoms with Gasteiger partial charge in [0.2, 0.25) is 0 Å². The molecule has 1 aromatic carbocycles. The second-order valence-corrected chi connectivity index (χ2v) is 9.79. The van der Waals surface area contributed by atoms with Crippen molar-refractivity contribution in [1.82, 2.24) is 0 Å². The molecule has 0 amide bonds. The van der Waals surface area contributed by atoms with E-state index < -0.39 is 49.3 Å². The van der Waals surface area contributed by atoms with E-state index in [0.717, 1.165) is 0 Å². The third-order valence-electron chi connectivity index (χ3n) is 3.62. The topological polar surface area (TPSA) is 0 Å². The fraction of sp³-hybridized carbons (Fsp3) is 0.111. The molecule has 0 fully saturated rings. The van der Waals surface area contributed by atoms with Gasteiger partial charge in [-0.15, -0.1) is 0 Å². The van der Waals surface area contributed by atoms with Crippen LogP contribution >= 0.6 is 0 Å². The normalized spacial score (nSPS) is 16.4. The minimum atomic E-state index is -2.17. The summed E-state index contributed by atoms with van der Waals surface area (Å²) in [5, 5.41) is 0. The van der Waals surface area contributed by atoms with E-state index in [4.69, 9.17) is 0 Å². The second kappa shape index (κ2) is 6.83. The molecule has 0 aliphatic heterocycles. The van der Waals surface area contributed by atoms with Gasteiger partial charge in [-0.05, 0) is 0 Å². The zero-order chi connectivity index (χ0) is 17.3. The molecule has 2 aliphatic carbocycles. The number of allylic oxidation sites excluding steroid dienone is 8. The molecule has 0 N–H and O–H groups in total. The first-order chi connectivity index (χ1) is 11.5. The quantitative estimate of drug-likeness (QED) is 0.222. The minimum absolute atomic E-state index is 0.0451. The Morgan fingerprint density at radius 3 is 1.42 bits per heavy atom. The molecular weight excluding hydrogens is 386 g/mol. The summed E-state index contributed by atoms with van der Waals surface area (Å²) in [5.41, 5.74) is -1.07. The molecule has 0 saturated carbocycles. The van der Waals surface area contributed by atoms with E-state index >= 15 is 0 Å². The summed E-state index contributed by atoms with van der Waals surface area (Å²) < 4.78 is 70.0. The van der Waals surface area contributed by atoms with Crippen LogP contribution in [0.5, 0.6) is 0 Å². The van der Waals surface area contributed by atoms with E-state index in [2.05, 4.69) is 10.6 Å². The predicted octanol–water partition coefficient (Wildman–Crippen LogP) is 4.76. The zero-order valence-electron chi connectivity index (χ0n) is 12.1. The van der Waals surface area contributed by atoms with Gasteiger partial charge in [-0.1, -0.05) is 0 Å². The average Bonchev–Trinajstić information content (AvgIpc) is 3.28. The zero-order valence-corrected chi connectivity index (χ0v) is 14.0. The molecule has 122 valence electrons.